The number of hydrogen-bond acceptors (Lipinski definition) is 5. The molecule has 1 aliphatic heterocycles. The van der Waals surface area contributed by atoms with E-state index in [2.05, 4.69) is 22.4 Å². The molecule has 2 amide bonds. The molecule has 29 heavy (non-hydrogen) atoms. The zero-order chi connectivity index (χ0) is 20.6. The quantitative estimate of drug-likeness (QED) is 0.366. The van der Waals surface area contributed by atoms with E-state index in [0.717, 1.165) is 29.9 Å². The second kappa shape index (κ2) is 9.54. The number of hydrogen-bond donors (Lipinski definition) is 3. The largest absolute Gasteiger partial charge is 0.507 e. The van der Waals surface area contributed by atoms with Gasteiger partial charge in [0.2, 0.25) is 5.91 Å². The maximum Gasteiger partial charge on any atom is 0.259 e. The second-order valence-electron chi connectivity index (χ2n) is 6.69. The van der Waals surface area contributed by atoms with Crippen LogP contribution < -0.4 is 15.6 Å². The van der Waals surface area contributed by atoms with Gasteiger partial charge in [0.25, 0.3) is 5.91 Å². The summed E-state index contributed by atoms with van der Waals surface area (Å²) in [5, 5.41) is 17.1. The number of para-hydroxylation sites is 1. The van der Waals surface area contributed by atoms with Crippen LogP contribution in [-0.2, 0) is 16.0 Å². The third-order valence-electron chi connectivity index (χ3n) is 4.59. The van der Waals surface area contributed by atoms with E-state index >= 15 is 0 Å². The highest BCUT2D eigenvalue weighted by Crippen LogP contribution is 2.24. The monoisotopic (exact) mass is 392 g/mol. The molecule has 2 aromatic rings. The smallest absolute Gasteiger partial charge is 0.259 e. The normalized spacial score (nSPS) is 13.7. The molecular weight excluding hydrogens is 368 g/mol. The number of carbonyl (C=O) groups excluding carboxylic acids is 2. The van der Waals surface area contributed by atoms with Gasteiger partial charge >= 0.3 is 0 Å². The molecule has 1 fully saturated rings. The lowest BCUT2D eigenvalue weighted by atomic mass is 10.1. The number of anilines is 2. The number of amides is 2. The predicted molar refractivity (Wildman–Crippen MR) is 114 cm³/mol. The lowest BCUT2D eigenvalue weighted by molar-refractivity contribution is -0.119. The van der Waals surface area contributed by atoms with E-state index in [-0.39, 0.29) is 24.1 Å². The number of hydrazone groups is 1. The predicted octanol–water partition coefficient (Wildman–Crippen LogP) is 2.81. The fraction of sp³-hybridized carbons (Fsp3) is 0.227. The fourth-order valence-electron chi connectivity index (χ4n) is 3.14. The number of nitrogens with zero attached hydrogens (tertiary/aromatic N) is 2. The first-order valence-corrected chi connectivity index (χ1v) is 9.46. The van der Waals surface area contributed by atoms with Crippen LogP contribution in [0.5, 0.6) is 5.75 Å². The average Bonchev–Trinajstić information content (AvgIpc) is 3.15. The third-order valence-corrected chi connectivity index (χ3v) is 4.59. The van der Waals surface area contributed by atoms with Crippen molar-refractivity contribution in [2.75, 3.05) is 23.3 Å². The fourth-order valence-corrected chi connectivity index (χ4v) is 3.14. The van der Waals surface area contributed by atoms with Crippen molar-refractivity contribution in [3.63, 3.8) is 0 Å². The van der Waals surface area contributed by atoms with Crippen LogP contribution in [0.3, 0.4) is 0 Å². The Bertz CT molecular complexity index is 939. The van der Waals surface area contributed by atoms with Crippen LogP contribution in [-0.4, -0.2) is 36.2 Å². The van der Waals surface area contributed by atoms with Gasteiger partial charge in [-0.25, -0.2) is 5.43 Å². The Kier molecular flexibility index (Phi) is 6.63. The molecule has 150 valence electrons. The van der Waals surface area contributed by atoms with E-state index in [1.807, 2.05) is 24.3 Å². The summed E-state index contributed by atoms with van der Waals surface area (Å²) in [5.41, 5.74) is 5.26. The number of rotatable bonds is 8. The molecule has 0 aromatic heterocycles. The SMILES string of the molecule is C=CCc1cccc(C=NNC(=O)CNc2cccc(N3CCCC3=O)c2)c1O. The number of benzene rings is 2. The molecule has 0 radical (unpaired) electrons. The van der Waals surface area contributed by atoms with Crippen LogP contribution in [0.15, 0.2) is 60.2 Å². The number of nitrogens with one attached hydrogen (secondary N) is 2. The van der Waals surface area contributed by atoms with Crippen molar-refractivity contribution in [2.24, 2.45) is 5.10 Å². The Morgan fingerprint density at radius 3 is 2.86 bits per heavy atom. The Morgan fingerprint density at radius 2 is 2.10 bits per heavy atom. The molecule has 0 saturated carbocycles. The molecule has 1 saturated heterocycles. The lowest BCUT2D eigenvalue weighted by Gasteiger charge is -2.16. The summed E-state index contributed by atoms with van der Waals surface area (Å²) >= 11 is 0. The highest BCUT2D eigenvalue weighted by Gasteiger charge is 2.21. The minimum absolute atomic E-state index is 0.0250. The number of carbonyl (C=O) groups is 2. The van der Waals surface area contributed by atoms with Gasteiger partial charge in [-0.15, -0.1) is 6.58 Å². The summed E-state index contributed by atoms with van der Waals surface area (Å²) in [5.74, 6) is -0.0860. The van der Waals surface area contributed by atoms with Crippen LogP contribution in [0.2, 0.25) is 0 Å². The molecule has 0 spiro atoms. The minimum Gasteiger partial charge on any atom is -0.507 e. The lowest BCUT2D eigenvalue weighted by Crippen LogP contribution is -2.26. The van der Waals surface area contributed by atoms with Crippen molar-refractivity contribution < 1.29 is 14.7 Å². The molecule has 0 aliphatic carbocycles. The number of phenols is 1. The van der Waals surface area contributed by atoms with Crippen LogP contribution in [0.4, 0.5) is 11.4 Å². The van der Waals surface area contributed by atoms with Crippen LogP contribution >= 0.6 is 0 Å². The number of allylic oxidation sites excluding steroid dienone is 1. The van der Waals surface area contributed by atoms with Crippen molar-refractivity contribution in [1.82, 2.24) is 5.43 Å². The van der Waals surface area contributed by atoms with Gasteiger partial charge in [0.15, 0.2) is 0 Å². The molecule has 3 rings (SSSR count). The first kappa shape index (κ1) is 20.1. The molecule has 1 aliphatic rings. The Morgan fingerprint density at radius 1 is 1.28 bits per heavy atom. The van der Waals surface area contributed by atoms with Crippen molar-refractivity contribution in [1.29, 1.82) is 0 Å². The van der Waals surface area contributed by atoms with Gasteiger partial charge < -0.3 is 15.3 Å². The highest BCUT2D eigenvalue weighted by molar-refractivity contribution is 5.95. The summed E-state index contributed by atoms with van der Waals surface area (Å²) in [6.45, 7) is 4.41. The molecule has 7 nitrogen and oxygen atoms in total. The summed E-state index contributed by atoms with van der Waals surface area (Å²) in [4.78, 5) is 25.7. The van der Waals surface area contributed by atoms with E-state index < -0.39 is 0 Å². The summed E-state index contributed by atoms with van der Waals surface area (Å²) in [6, 6.07) is 12.7. The van der Waals surface area contributed by atoms with Gasteiger partial charge in [0, 0.05) is 29.9 Å². The standard InChI is InChI=1S/C22H24N4O3/c1-2-6-16-7-3-8-17(22(16)29)14-24-25-20(27)15-23-18-9-4-10-19(13-18)26-12-5-11-21(26)28/h2-4,7-10,13-14,23,29H,1,5-6,11-12,15H2,(H,25,27). The summed E-state index contributed by atoms with van der Waals surface area (Å²) in [7, 11) is 0. The molecule has 0 atom stereocenters. The number of aromatic hydroxyl groups is 1. The van der Waals surface area contributed by atoms with Gasteiger partial charge in [-0.3, -0.25) is 9.59 Å². The molecular formula is C22H24N4O3. The summed E-state index contributed by atoms with van der Waals surface area (Å²) < 4.78 is 0. The van der Waals surface area contributed by atoms with Crippen molar-refractivity contribution in [3.05, 3.63) is 66.2 Å². The Balaban J connectivity index is 1.53. The van der Waals surface area contributed by atoms with Gasteiger partial charge in [0.05, 0.1) is 12.8 Å². The topological polar surface area (TPSA) is 94.0 Å². The first-order chi connectivity index (χ1) is 14.1. The molecule has 3 N–H and O–H groups in total. The van der Waals surface area contributed by atoms with Gasteiger partial charge in [0.1, 0.15) is 5.75 Å². The van der Waals surface area contributed by atoms with Gasteiger partial charge in [-0.1, -0.05) is 24.3 Å². The summed E-state index contributed by atoms with van der Waals surface area (Å²) in [6.07, 6.45) is 5.09. The molecule has 0 unspecified atom stereocenters. The van der Waals surface area contributed by atoms with E-state index in [1.165, 1.54) is 6.21 Å². The van der Waals surface area contributed by atoms with Crippen LogP contribution in [0.25, 0.3) is 0 Å². The van der Waals surface area contributed by atoms with Crippen molar-refractivity contribution in [2.45, 2.75) is 19.3 Å². The van der Waals surface area contributed by atoms with Crippen LogP contribution in [0.1, 0.15) is 24.0 Å². The van der Waals surface area contributed by atoms with Crippen LogP contribution in [0, 0.1) is 0 Å². The maximum atomic E-state index is 12.0. The Hall–Kier alpha value is -3.61. The van der Waals surface area contributed by atoms with Crippen molar-refractivity contribution in [3.8, 4) is 5.75 Å². The van der Waals surface area contributed by atoms with Gasteiger partial charge in [-0.2, -0.15) is 5.10 Å². The first-order valence-electron chi connectivity index (χ1n) is 9.46. The molecule has 2 aromatic carbocycles. The van der Waals surface area contributed by atoms with Gasteiger partial charge in [-0.05, 0) is 42.7 Å². The number of phenolic OH excluding ortho intramolecular Hbond substituents is 1. The van der Waals surface area contributed by atoms with E-state index in [9.17, 15) is 14.7 Å². The Labute approximate surface area is 169 Å². The zero-order valence-corrected chi connectivity index (χ0v) is 16.1. The minimum atomic E-state index is -0.328. The molecule has 1 heterocycles. The molecule has 0 bridgehead atoms. The van der Waals surface area contributed by atoms with Crippen molar-refractivity contribution >= 4 is 29.4 Å². The second-order valence-corrected chi connectivity index (χ2v) is 6.69. The maximum absolute atomic E-state index is 12.0. The highest BCUT2D eigenvalue weighted by atomic mass is 16.3. The van der Waals surface area contributed by atoms with E-state index in [4.69, 9.17) is 0 Å². The third kappa shape index (κ3) is 5.22. The van der Waals surface area contributed by atoms with E-state index in [0.29, 0.717) is 18.4 Å². The van der Waals surface area contributed by atoms with E-state index in [1.54, 1.807) is 29.2 Å². The zero-order valence-electron chi connectivity index (χ0n) is 16.1. The average molecular weight is 392 g/mol. The molecule has 7 heteroatoms.